The first-order valence-electron chi connectivity index (χ1n) is 23.6. The Hall–Kier alpha value is -7.31. The summed E-state index contributed by atoms with van der Waals surface area (Å²) in [5.41, 5.74) is 3.97. The zero-order chi connectivity index (χ0) is 51.4. The molecule has 6 aromatic rings. The molecule has 1 amide bonds. The Kier molecular flexibility index (Phi) is 17.7. The summed E-state index contributed by atoms with van der Waals surface area (Å²) in [5, 5.41) is 32.2. The number of nitro benzene ring substituents is 2. The molecule has 1 unspecified atom stereocenters. The average Bonchev–Trinajstić information content (AvgIpc) is 3.80. The summed E-state index contributed by atoms with van der Waals surface area (Å²) in [6.45, 7) is 8.95. The Labute approximate surface area is 421 Å². The third kappa shape index (κ3) is 12.2. The van der Waals surface area contributed by atoms with Gasteiger partial charge < -0.3 is 28.2 Å². The average molecular weight is 992 g/mol. The Morgan fingerprint density at radius 3 is 1.88 bits per heavy atom. The summed E-state index contributed by atoms with van der Waals surface area (Å²) in [6, 6.07) is 46.0. The summed E-state index contributed by atoms with van der Waals surface area (Å²) < 4.78 is 33.9. The Bertz CT molecular complexity index is 2800. The summed E-state index contributed by atoms with van der Waals surface area (Å²) in [6.07, 6.45) is 3.49. The monoisotopic (exact) mass is 991 g/mol. The molecule has 1 aliphatic rings. The Morgan fingerprint density at radius 2 is 1.35 bits per heavy atom. The zero-order valence-electron chi connectivity index (χ0n) is 41.1. The lowest BCUT2D eigenvalue weighted by atomic mass is 9.80. The lowest BCUT2D eigenvalue weighted by Gasteiger charge is -2.38. The number of hydrogen-bond acceptors (Lipinski definition) is 12. The molecular weight excluding hydrogens is 934 g/mol. The van der Waals surface area contributed by atoms with Crippen molar-refractivity contribution in [2.75, 3.05) is 34.0 Å². The van der Waals surface area contributed by atoms with E-state index in [-0.39, 0.29) is 61.1 Å². The summed E-state index contributed by atoms with van der Waals surface area (Å²) in [5.74, 6) is 1.20. The van der Waals surface area contributed by atoms with Crippen LogP contribution >= 0.6 is 8.53 Å². The number of benzene rings is 6. The molecule has 0 aliphatic carbocycles. The van der Waals surface area contributed by atoms with Gasteiger partial charge in [-0.2, -0.15) is 5.26 Å². The number of nitriles is 1. The van der Waals surface area contributed by atoms with E-state index >= 15 is 0 Å². The van der Waals surface area contributed by atoms with Gasteiger partial charge in [-0.3, -0.25) is 25.0 Å². The number of non-ortho nitro benzene ring substituents is 1. The maximum atomic E-state index is 15.0. The molecule has 1 aliphatic heterocycles. The summed E-state index contributed by atoms with van der Waals surface area (Å²) >= 11 is 0. The Balaban J connectivity index is 1.20. The van der Waals surface area contributed by atoms with Crippen LogP contribution in [-0.4, -0.2) is 83.5 Å². The second kappa shape index (κ2) is 24.2. The second-order valence-electron chi connectivity index (χ2n) is 17.7. The van der Waals surface area contributed by atoms with Gasteiger partial charge in [0.05, 0.1) is 73.5 Å². The second-order valence-corrected chi connectivity index (χ2v) is 19.1. The summed E-state index contributed by atoms with van der Waals surface area (Å²) in [4.78, 5) is 38.3. The van der Waals surface area contributed by atoms with E-state index in [1.54, 1.807) is 26.4 Å². The van der Waals surface area contributed by atoms with E-state index < -0.39 is 36.1 Å². The molecule has 3 atom stereocenters. The standard InChI is InChI=1S/C56H58N5O10P/c1-39(2)59(40(3)4)72(70-34-10-33-57)71-53-35-50(38-69-56(46-11-8-7-9-12-46,47-24-29-51(67-5)30-25-47)48-26-31-52(68-6)32-27-48)58(37-53)55(62)45-21-19-43(20-22-45)42-16-13-41(14-17-42)15-18-44-23-28-49(60(63)64)36-54(44)61(65)66/h7-9,11-32,36,39-40,50,53H,10,34-35,37-38H2,1-6H3/b18-15+/t50-,53+,72?/m0/s1. The molecule has 0 spiro atoms. The predicted molar refractivity (Wildman–Crippen MR) is 278 cm³/mol. The molecule has 0 bridgehead atoms. The number of amides is 1. The molecule has 0 N–H and O–H groups in total. The number of carbonyl (C=O) groups is 1. The van der Waals surface area contributed by atoms with E-state index in [9.17, 15) is 30.3 Å². The molecule has 15 nitrogen and oxygen atoms in total. The fourth-order valence-corrected chi connectivity index (χ4v) is 10.7. The molecule has 72 heavy (non-hydrogen) atoms. The largest absolute Gasteiger partial charge is 0.497 e. The lowest BCUT2D eigenvalue weighted by Crippen LogP contribution is -2.42. The molecule has 16 heteroatoms. The molecule has 1 saturated heterocycles. The van der Waals surface area contributed by atoms with Crippen molar-refractivity contribution in [3.63, 3.8) is 0 Å². The maximum absolute atomic E-state index is 15.0. The first-order valence-corrected chi connectivity index (χ1v) is 24.7. The highest BCUT2D eigenvalue weighted by molar-refractivity contribution is 7.44. The fraction of sp³-hybridized carbons (Fsp3) is 0.286. The van der Waals surface area contributed by atoms with Gasteiger partial charge in [-0.25, -0.2) is 4.67 Å². The van der Waals surface area contributed by atoms with Crippen LogP contribution in [0.5, 0.6) is 11.5 Å². The molecule has 1 fully saturated rings. The van der Waals surface area contributed by atoms with Crippen LogP contribution in [-0.2, 0) is 19.4 Å². The van der Waals surface area contributed by atoms with E-state index in [2.05, 4.69) is 38.4 Å². The van der Waals surface area contributed by atoms with Gasteiger partial charge in [-0.05, 0) is 116 Å². The van der Waals surface area contributed by atoms with Crippen molar-refractivity contribution in [1.82, 2.24) is 9.57 Å². The number of nitro groups is 2. The molecular formula is C56H58N5O10P. The lowest BCUT2D eigenvalue weighted by molar-refractivity contribution is -0.394. The first kappa shape index (κ1) is 52.5. The molecule has 0 aromatic heterocycles. The van der Waals surface area contributed by atoms with E-state index in [1.165, 1.54) is 12.1 Å². The fourth-order valence-electron chi connectivity index (χ4n) is 8.96. The predicted octanol–water partition coefficient (Wildman–Crippen LogP) is 12.2. The van der Waals surface area contributed by atoms with E-state index in [0.29, 0.717) is 23.5 Å². The number of ether oxygens (including phenoxy) is 3. The van der Waals surface area contributed by atoms with Crippen LogP contribution in [0.2, 0.25) is 0 Å². The minimum absolute atomic E-state index is 0.0783. The molecule has 0 radical (unpaired) electrons. The number of methoxy groups -OCH3 is 2. The van der Waals surface area contributed by atoms with Gasteiger partial charge in [0.25, 0.3) is 25.8 Å². The van der Waals surface area contributed by atoms with Crippen LogP contribution in [0.4, 0.5) is 11.4 Å². The van der Waals surface area contributed by atoms with E-state index in [0.717, 1.165) is 39.4 Å². The summed E-state index contributed by atoms with van der Waals surface area (Å²) in [7, 11) is 1.64. The van der Waals surface area contributed by atoms with Crippen molar-refractivity contribution in [1.29, 1.82) is 5.26 Å². The maximum Gasteiger partial charge on any atom is 0.283 e. The third-order valence-electron chi connectivity index (χ3n) is 12.5. The van der Waals surface area contributed by atoms with Gasteiger partial charge in [0, 0.05) is 30.3 Å². The van der Waals surface area contributed by atoms with Crippen LogP contribution in [0.3, 0.4) is 0 Å². The zero-order valence-corrected chi connectivity index (χ0v) is 42.0. The van der Waals surface area contributed by atoms with Gasteiger partial charge in [0.2, 0.25) is 0 Å². The quantitative estimate of drug-likeness (QED) is 0.0157. The van der Waals surface area contributed by atoms with Crippen molar-refractivity contribution in [2.45, 2.75) is 70.4 Å². The number of likely N-dealkylation sites (tertiary alicyclic amines) is 1. The molecule has 372 valence electrons. The Morgan fingerprint density at radius 1 is 0.778 bits per heavy atom. The van der Waals surface area contributed by atoms with Gasteiger partial charge in [0.1, 0.15) is 17.1 Å². The first-order chi connectivity index (χ1) is 34.8. The smallest absolute Gasteiger partial charge is 0.283 e. The van der Waals surface area contributed by atoms with Crippen molar-refractivity contribution in [2.24, 2.45) is 0 Å². The van der Waals surface area contributed by atoms with Crippen LogP contribution in [0.1, 0.15) is 78.7 Å². The van der Waals surface area contributed by atoms with Crippen LogP contribution in [0, 0.1) is 31.6 Å². The normalized spacial score (nSPS) is 15.2. The van der Waals surface area contributed by atoms with Crippen molar-refractivity contribution >= 4 is 38.0 Å². The SMILES string of the molecule is COc1ccc(C(OC[C@@H]2C[C@@H](OP(OCCC#N)N(C(C)C)C(C)C)CN2C(=O)c2ccc(-c3ccc(/C=C/c4ccc([N+](=O)[O-])cc4[N+](=O)[O-])cc3)cc2)(c2ccccc2)c2ccc(OC)cc2)cc1. The number of hydrogen-bond donors (Lipinski definition) is 0. The van der Waals surface area contributed by atoms with Gasteiger partial charge in [-0.1, -0.05) is 97.1 Å². The number of nitrogens with zero attached hydrogens (tertiary/aromatic N) is 5. The van der Waals surface area contributed by atoms with Gasteiger partial charge in [0.15, 0.2) is 0 Å². The van der Waals surface area contributed by atoms with Crippen molar-refractivity contribution < 1.29 is 37.9 Å². The van der Waals surface area contributed by atoms with Crippen molar-refractivity contribution in [3.05, 3.63) is 199 Å². The highest BCUT2D eigenvalue weighted by atomic mass is 31.2. The third-order valence-corrected chi connectivity index (χ3v) is 14.6. The minimum Gasteiger partial charge on any atom is -0.497 e. The van der Waals surface area contributed by atoms with Gasteiger partial charge >= 0.3 is 0 Å². The van der Waals surface area contributed by atoms with Crippen LogP contribution in [0.15, 0.2) is 146 Å². The van der Waals surface area contributed by atoms with E-state index in [1.807, 2.05) is 132 Å². The van der Waals surface area contributed by atoms with Crippen LogP contribution < -0.4 is 9.47 Å². The van der Waals surface area contributed by atoms with Crippen molar-refractivity contribution in [3.8, 4) is 28.7 Å². The highest BCUT2D eigenvalue weighted by Crippen LogP contribution is 2.49. The molecule has 6 aromatic carbocycles. The molecule has 1 heterocycles. The number of rotatable bonds is 22. The minimum atomic E-state index is -1.62. The van der Waals surface area contributed by atoms with Gasteiger partial charge in [-0.15, -0.1) is 0 Å². The highest BCUT2D eigenvalue weighted by Gasteiger charge is 2.44. The topological polar surface area (TPSA) is 180 Å². The molecule has 7 rings (SSSR count). The van der Waals surface area contributed by atoms with E-state index in [4.69, 9.17) is 23.3 Å². The van der Waals surface area contributed by atoms with Crippen LogP contribution in [0.25, 0.3) is 23.3 Å². The molecule has 0 saturated carbocycles. The number of carbonyl (C=O) groups excluding carboxylic acids is 1.